The monoisotopic (exact) mass is 507 g/mol. The first kappa shape index (κ1) is 29.6. The Kier molecular flexibility index (Phi) is 8.96. The molecule has 0 bridgehead atoms. The van der Waals surface area contributed by atoms with Gasteiger partial charge in [0.1, 0.15) is 12.1 Å². The second kappa shape index (κ2) is 11.2. The van der Waals surface area contributed by atoms with Crippen molar-refractivity contribution < 1.29 is 28.7 Å². The number of ether oxygens (including phenoxy) is 2. The van der Waals surface area contributed by atoms with Crippen LogP contribution >= 0.6 is 0 Å². The van der Waals surface area contributed by atoms with Crippen molar-refractivity contribution in [3.8, 4) is 0 Å². The van der Waals surface area contributed by atoms with Gasteiger partial charge in [-0.25, -0.2) is 9.79 Å². The van der Waals surface area contributed by atoms with Crippen molar-refractivity contribution in [3.63, 3.8) is 0 Å². The first-order valence-corrected chi connectivity index (χ1v) is 12.2. The van der Waals surface area contributed by atoms with Gasteiger partial charge in [0, 0.05) is 27.5 Å². The predicted octanol–water partition coefficient (Wildman–Crippen LogP) is 6.09. The molecular weight excluding hydrogens is 470 g/mol. The summed E-state index contributed by atoms with van der Waals surface area (Å²) in [6.07, 6.45) is 0. The van der Waals surface area contributed by atoms with Gasteiger partial charge in [-0.2, -0.15) is 0 Å². The van der Waals surface area contributed by atoms with E-state index in [0.29, 0.717) is 16.7 Å². The van der Waals surface area contributed by atoms with Crippen LogP contribution in [0.2, 0.25) is 0 Å². The molecule has 7 heteroatoms. The number of ketones is 2. The first-order valence-electron chi connectivity index (χ1n) is 12.2. The Balaban J connectivity index is 2.33. The van der Waals surface area contributed by atoms with Gasteiger partial charge in [0.25, 0.3) is 0 Å². The number of aliphatic imine (C=N–C) groups is 1. The molecule has 0 amide bonds. The Bertz CT molecular complexity index is 1190. The second-order valence-corrected chi connectivity index (χ2v) is 11.9. The molecular formula is C30H37NO6. The molecule has 0 aliphatic heterocycles. The maximum Gasteiger partial charge on any atom is 0.344 e. The van der Waals surface area contributed by atoms with Crippen LogP contribution in [-0.4, -0.2) is 41.5 Å². The fourth-order valence-electron chi connectivity index (χ4n) is 3.23. The quantitative estimate of drug-likeness (QED) is 0.203. The van der Waals surface area contributed by atoms with E-state index in [-0.39, 0.29) is 29.6 Å². The summed E-state index contributed by atoms with van der Waals surface area (Å²) in [7, 11) is 0. The van der Waals surface area contributed by atoms with Gasteiger partial charge in [-0.1, -0.05) is 65.8 Å². The zero-order valence-corrected chi connectivity index (χ0v) is 23.2. The molecule has 0 atom stereocenters. The fraction of sp³-hybridized carbons (Fsp3) is 0.433. The summed E-state index contributed by atoms with van der Waals surface area (Å²) in [4.78, 5) is 54.5. The van der Waals surface area contributed by atoms with Crippen LogP contribution in [0.3, 0.4) is 0 Å². The van der Waals surface area contributed by atoms with Crippen LogP contribution in [0, 0.1) is 10.8 Å². The number of carbonyl (C=O) groups is 4. The molecule has 0 radical (unpaired) electrons. The molecule has 2 rings (SSSR count). The number of rotatable bonds is 6. The van der Waals surface area contributed by atoms with Gasteiger partial charge in [-0.15, -0.1) is 0 Å². The van der Waals surface area contributed by atoms with Crippen LogP contribution in [0.25, 0.3) is 0 Å². The Morgan fingerprint density at radius 2 is 1.00 bits per heavy atom. The molecule has 2 aromatic rings. The van der Waals surface area contributed by atoms with Crippen LogP contribution in [-0.2, 0) is 14.3 Å². The van der Waals surface area contributed by atoms with Crippen molar-refractivity contribution in [1.82, 2.24) is 0 Å². The predicted molar refractivity (Wildman–Crippen MR) is 143 cm³/mol. The number of hydrogen-bond donors (Lipinski definition) is 0. The summed E-state index contributed by atoms with van der Waals surface area (Å²) in [6.45, 7) is 15.8. The van der Waals surface area contributed by atoms with E-state index in [1.165, 1.54) is 12.1 Å². The number of carbonyl (C=O) groups excluding carboxylic acids is 4. The molecule has 198 valence electrons. The molecule has 2 aromatic carbocycles. The highest BCUT2D eigenvalue weighted by atomic mass is 16.6. The SMILES string of the molecule is CC(C)(C)OC(=O)CN=C(OC(=O)c1ccc(C(=O)C(C)(C)C)cc1)c1ccc(C(=O)C(C)(C)C)cc1. The van der Waals surface area contributed by atoms with E-state index >= 15 is 0 Å². The van der Waals surface area contributed by atoms with Gasteiger partial charge in [-0.05, 0) is 45.0 Å². The lowest BCUT2D eigenvalue weighted by Gasteiger charge is -2.19. The van der Waals surface area contributed by atoms with Crippen molar-refractivity contribution in [2.24, 2.45) is 15.8 Å². The van der Waals surface area contributed by atoms with Crippen LogP contribution in [0.1, 0.15) is 99.0 Å². The smallest absolute Gasteiger partial charge is 0.344 e. The minimum absolute atomic E-state index is 0.0341. The van der Waals surface area contributed by atoms with Gasteiger partial charge in [0.2, 0.25) is 5.90 Å². The van der Waals surface area contributed by atoms with Gasteiger partial charge >= 0.3 is 11.9 Å². The minimum Gasteiger partial charge on any atom is -0.459 e. The van der Waals surface area contributed by atoms with Crippen molar-refractivity contribution in [1.29, 1.82) is 0 Å². The van der Waals surface area contributed by atoms with E-state index in [0.717, 1.165) is 0 Å². The van der Waals surface area contributed by atoms with Crippen LogP contribution in [0.4, 0.5) is 0 Å². The molecule has 0 heterocycles. The molecule has 0 saturated heterocycles. The lowest BCUT2D eigenvalue weighted by atomic mass is 9.86. The second-order valence-electron chi connectivity index (χ2n) is 11.9. The largest absolute Gasteiger partial charge is 0.459 e. The topological polar surface area (TPSA) is 99.1 Å². The lowest BCUT2D eigenvalue weighted by molar-refractivity contribution is -0.152. The van der Waals surface area contributed by atoms with E-state index in [9.17, 15) is 19.2 Å². The molecule has 0 aliphatic carbocycles. The molecule has 0 aromatic heterocycles. The fourth-order valence-corrected chi connectivity index (χ4v) is 3.23. The molecule has 0 spiro atoms. The minimum atomic E-state index is -0.701. The van der Waals surface area contributed by atoms with Crippen LogP contribution in [0.15, 0.2) is 53.5 Å². The van der Waals surface area contributed by atoms with Crippen LogP contribution < -0.4 is 0 Å². The van der Waals surface area contributed by atoms with E-state index < -0.39 is 28.4 Å². The van der Waals surface area contributed by atoms with Gasteiger partial charge in [0.05, 0.1) is 5.56 Å². The van der Waals surface area contributed by atoms with Crippen molar-refractivity contribution in [3.05, 3.63) is 70.8 Å². The highest BCUT2D eigenvalue weighted by Crippen LogP contribution is 2.23. The van der Waals surface area contributed by atoms with E-state index in [4.69, 9.17) is 9.47 Å². The van der Waals surface area contributed by atoms with E-state index in [2.05, 4.69) is 4.99 Å². The maximum atomic E-state index is 12.9. The van der Waals surface area contributed by atoms with Gasteiger partial charge in [-0.3, -0.25) is 14.4 Å². The number of esters is 2. The van der Waals surface area contributed by atoms with Crippen molar-refractivity contribution >= 4 is 29.4 Å². The number of hydrogen-bond acceptors (Lipinski definition) is 7. The Hall–Kier alpha value is -3.61. The summed E-state index contributed by atoms with van der Waals surface area (Å²) in [5.41, 5.74) is -0.163. The van der Waals surface area contributed by atoms with E-state index in [1.807, 2.05) is 41.5 Å². The zero-order chi connectivity index (χ0) is 28.2. The molecule has 7 nitrogen and oxygen atoms in total. The normalized spacial score (nSPS) is 12.6. The third-order valence-electron chi connectivity index (χ3n) is 5.10. The summed E-state index contributed by atoms with van der Waals surface area (Å²) in [5.74, 6) is -1.44. The van der Waals surface area contributed by atoms with Gasteiger partial charge in [0.15, 0.2) is 11.6 Å². The lowest BCUT2D eigenvalue weighted by Crippen LogP contribution is -2.26. The zero-order valence-electron chi connectivity index (χ0n) is 23.2. The summed E-state index contributed by atoms with van der Waals surface area (Å²) in [6, 6.07) is 12.7. The Morgan fingerprint density at radius 3 is 1.38 bits per heavy atom. The van der Waals surface area contributed by atoms with Crippen molar-refractivity contribution in [2.45, 2.75) is 67.9 Å². The molecule has 0 unspecified atom stereocenters. The molecule has 37 heavy (non-hydrogen) atoms. The summed E-state index contributed by atoms with van der Waals surface area (Å²) < 4.78 is 10.9. The maximum absolute atomic E-state index is 12.9. The Labute approximate surface area is 219 Å². The van der Waals surface area contributed by atoms with E-state index in [1.54, 1.807) is 57.2 Å². The standard InChI is InChI=1S/C30H37NO6/c1-28(2,3)24(33)19-10-14-21(15-11-19)26(31-18-23(32)37-30(7,8)9)36-27(35)22-16-12-20(13-17-22)25(34)29(4,5)6/h10-17H,18H2,1-9H3. The number of benzene rings is 2. The average molecular weight is 508 g/mol. The number of nitrogens with zero attached hydrogens (tertiary/aromatic N) is 1. The summed E-state index contributed by atoms with van der Waals surface area (Å²) in [5, 5.41) is 0. The first-order chi connectivity index (χ1) is 16.9. The molecule has 0 saturated carbocycles. The van der Waals surface area contributed by atoms with Crippen molar-refractivity contribution in [2.75, 3.05) is 6.54 Å². The third-order valence-corrected chi connectivity index (χ3v) is 5.10. The highest BCUT2D eigenvalue weighted by molar-refractivity contribution is 6.07. The van der Waals surface area contributed by atoms with Gasteiger partial charge < -0.3 is 9.47 Å². The molecule has 0 fully saturated rings. The third kappa shape index (κ3) is 8.77. The average Bonchev–Trinajstić information content (AvgIpc) is 2.78. The number of Topliss-reactive ketones (excluding diaryl/α,β-unsaturated/α-hetero) is 2. The van der Waals surface area contributed by atoms with Crippen LogP contribution in [0.5, 0.6) is 0 Å². The highest BCUT2D eigenvalue weighted by Gasteiger charge is 2.25. The molecule has 0 aliphatic rings. The summed E-state index contributed by atoms with van der Waals surface area (Å²) >= 11 is 0. The molecule has 0 N–H and O–H groups in total. The Morgan fingerprint density at radius 1 is 0.622 bits per heavy atom.